The minimum Gasteiger partial charge on any atom is -0.491 e. The van der Waals surface area contributed by atoms with Crippen LogP contribution in [0.5, 0.6) is 5.75 Å². The van der Waals surface area contributed by atoms with Crippen molar-refractivity contribution in [2.75, 3.05) is 11.8 Å². The molecule has 4 aromatic rings. The maximum absolute atomic E-state index is 14.2. The van der Waals surface area contributed by atoms with Crippen molar-refractivity contribution in [3.63, 3.8) is 0 Å². The predicted octanol–water partition coefficient (Wildman–Crippen LogP) is 6.90. The number of nitrogens with two attached hydrogens (primary N) is 1. The molecule has 1 unspecified atom stereocenters. The van der Waals surface area contributed by atoms with E-state index in [0.29, 0.717) is 23.4 Å². The van der Waals surface area contributed by atoms with Crippen LogP contribution in [0.25, 0.3) is 10.1 Å². The molecule has 3 aromatic carbocycles. The summed E-state index contributed by atoms with van der Waals surface area (Å²) in [6.07, 6.45) is -0.877. The van der Waals surface area contributed by atoms with E-state index in [1.807, 2.05) is 43.5 Å². The highest BCUT2D eigenvalue weighted by Crippen LogP contribution is 2.54. The van der Waals surface area contributed by atoms with Gasteiger partial charge in [-0.1, -0.05) is 35.6 Å². The highest BCUT2D eigenvalue weighted by molar-refractivity contribution is 7.90. The van der Waals surface area contributed by atoms with Gasteiger partial charge in [-0.25, -0.2) is 14.0 Å². The quantitative estimate of drug-likeness (QED) is 0.193. The van der Waals surface area contributed by atoms with Crippen LogP contribution in [0.15, 0.2) is 66.9 Å². The molecule has 0 aliphatic carbocycles. The number of thiophene rings is 1. The van der Waals surface area contributed by atoms with Crippen LogP contribution in [0, 0.1) is 12.7 Å². The minimum atomic E-state index is -4.88. The SMILES string of the molecule is COc1ccc(NS(N)(=O)=O)c2c1[N+](Cc1ccc(F)c(C(F)(F)F)c1)(c1sc3ccccc3c1C)C=CC2. The number of fused-ring (bicyclic) bond motifs is 2. The molecule has 0 fully saturated rings. The molecule has 1 aromatic heterocycles. The Hall–Kier alpha value is -3.45. The number of hydrogen-bond acceptors (Lipinski definition) is 4. The van der Waals surface area contributed by atoms with E-state index in [4.69, 9.17) is 9.88 Å². The normalized spacial score (nSPS) is 17.3. The molecule has 6 nitrogen and oxygen atoms in total. The van der Waals surface area contributed by atoms with Crippen LogP contribution in [0.2, 0.25) is 0 Å². The van der Waals surface area contributed by atoms with E-state index in [1.54, 1.807) is 6.07 Å². The van der Waals surface area contributed by atoms with E-state index in [9.17, 15) is 26.0 Å². The molecule has 2 heterocycles. The van der Waals surface area contributed by atoms with Gasteiger partial charge in [-0.15, -0.1) is 0 Å². The molecule has 5 rings (SSSR count). The molecule has 204 valence electrons. The number of alkyl halides is 3. The second-order valence-corrected chi connectivity index (χ2v) is 11.6. The van der Waals surface area contributed by atoms with Crippen LogP contribution in [-0.2, 0) is 29.4 Å². The molecular formula is C27H24F4N3O3S2+. The fourth-order valence-corrected chi connectivity index (χ4v) is 7.01. The average Bonchev–Trinajstić information content (AvgIpc) is 3.21. The van der Waals surface area contributed by atoms with E-state index in [-0.39, 0.29) is 22.3 Å². The van der Waals surface area contributed by atoms with Gasteiger partial charge in [0.15, 0.2) is 11.4 Å². The number of quaternary nitrogens is 1. The van der Waals surface area contributed by atoms with Crippen molar-refractivity contribution >= 4 is 48.0 Å². The van der Waals surface area contributed by atoms with Gasteiger partial charge >= 0.3 is 6.18 Å². The Morgan fingerprint density at radius 3 is 2.54 bits per heavy atom. The van der Waals surface area contributed by atoms with Gasteiger partial charge in [0.05, 0.1) is 18.4 Å². The highest BCUT2D eigenvalue weighted by atomic mass is 32.2. The van der Waals surface area contributed by atoms with Gasteiger partial charge in [-0.3, -0.25) is 4.72 Å². The lowest BCUT2D eigenvalue weighted by Crippen LogP contribution is -2.40. The maximum atomic E-state index is 14.2. The summed E-state index contributed by atoms with van der Waals surface area (Å²) in [5.41, 5.74) is 1.10. The first-order chi connectivity index (χ1) is 18.3. The van der Waals surface area contributed by atoms with Crippen LogP contribution < -0.4 is 19.1 Å². The van der Waals surface area contributed by atoms with Crippen LogP contribution in [0.1, 0.15) is 22.3 Å². The summed E-state index contributed by atoms with van der Waals surface area (Å²) >= 11 is 1.47. The van der Waals surface area contributed by atoms with E-state index in [0.717, 1.165) is 32.8 Å². The topological polar surface area (TPSA) is 81.4 Å². The molecule has 0 amide bonds. The molecule has 0 bridgehead atoms. The monoisotopic (exact) mass is 578 g/mol. The molecule has 1 atom stereocenters. The molecule has 0 radical (unpaired) electrons. The van der Waals surface area contributed by atoms with Crippen molar-refractivity contribution in [3.8, 4) is 5.75 Å². The average molecular weight is 579 g/mol. The van der Waals surface area contributed by atoms with Crippen LogP contribution in [0.4, 0.5) is 33.9 Å². The van der Waals surface area contributed by atoms with Gasteiger partial charge in [0.1, 0.15) is 18.6 Å². The predicted molar refractivity (Wildman–Crippen MR) is 146 cm³/mol. The molecule has 1 aliphatic heterocycles. The largest absolute Gasteiger partial charge is 0.491 e. The van der Waals surface area contributed by atoms with Crippen LogP contribution >= 0.6 is 11.3 Å². The first-order valence-electron chi connectivity index (χ1n) is 11.7. The van der Waals surface area contributed by atoms with Crippen molar-refractivity contribution in [1.82, 2.24) is 4.48 Å². The number of nitrogens with zero attached hydrogens (tertiary/aromatic N) is 1. The molecule has 0 saturated carbocycles. The lowest BCUT2D eigenvalue weighted by Gasteiger charge is -2.38. The minimum absolute atomic E-state index is 0.0320. The molecule has 0 spiro atoms. The Labute approximate surface area is 226 Å². The van der Waals surface area contributed by atoms with E-state index < -0.39 is 27.8 Å². The summed E-state index contributed by atoms with van der Waals surface area (Å²) in [5, 5.41) is 7.05. The van der Waals surface area contributed by atoms with Crippen LogP contribution in [0.3, 0.4) is 0 Å². The number of hydrogen-bond donors (Lipinski definition) is 2. The van der Waals surface area contributed by atoms with Crippen molar-refractivity contribution in [2.24, 2.45) is 5.14 Å². The Balaban J connectivity index is 1.84. The van der Waals surface area contributed by atoms with Gasteiger partial charge in [0.2, 0.25) is 5.00 Å². The smallest absolute Gasteiger partial charge is 0.419 e. The number of benzene rings is 3. The van der Waals surface area contributed by atoms with Crippen molar-refractivity contribution < 1.29 is 30.7 Å². The third-order valence-corrected chi connectivity index (χ3v) is 8.65. The van der Waals surface area contributed by atoms with E-state index in [2.05, 4.69) is 4.72 Å². The first kappa shape index (κ1) is 27.1. The Morgan fingerprint density at radius 2 is 1.87 bits per heavy atom. The van der Waals surface area contributed by atoms with Crippen molar-refractivity contribution in [1.29, 1.82) is 0 Å². The number of anilines is 1. The zero-order chi connectivity index (χ0) is 28.2. The lowest BCUT2D eigenvalue weighted by molar-refractivity contribution is -0.140. The van der Waals surface area contributed by atoms with Crippen molar-refractivity contribution in [3.05, 3.63) is 94.9 Å². The van der Waals surface area contributed by atoms with Gasteiger partial charge in [-0.2, -0.15) is 21.6 Å². The first-order valence-corrected chi connectivity index (χ1v) is 14.1. The van der Waals surface area contributed by atoms with Crippen LogP contribution in [-0.4, -0.2) is 15.5 Å². The molecule has 12 heteroatoms. The van der Waals surface area contributed by atoms with Gasteiger partial charge in [-0.05, 0) is 43.3 Å². The molecule has 3 N–H and O–H groups in total. The van der Waals surface area contributed by atoms with E-state index >= 15 is 0 Å². The second-order valence-electron chi connectivity index (χ2n) is 9.25. The number of aryl methyl sites for hydroxylation is 1. The molecule has 39 heavy (non-hydrogen) atoms. The number of rotatable bonds is 6. The molecule has 1 aliphatic rings. The summed E-state index contributed by atoms with van der Waals surface area (Å²) in [4.78, 5) is 0. The molecule has 0 saturated heterocycles. The van der Waals surface area contributed by atoms with Gasteiger partial charge in [0, 0.05) is 33.2 Å². The highest BCUT2D eigenvalue weighted by Gasteiger charge is 2.44. The number of halogens is 4. The Kier molecular flexibility index (Phi) is 6.70. The maximum Gasteiger partial charge on any atom is 0.419 e. The standard InChI is InChI=1S/C27H24F4N3O3S2/c1-16-18-6-3-4-8-24(18)38-26(16)34(15-17-9-10-21(28)20(14-17)27(29,30)31)13-5-7-19-22(33-39(32,35)36)11-12-23(37-2)25(19)34/h3-6,8-14,33H,7,15H2,1-2H3,(H2,32,35,36)/q+1. The fraction of sp³-hybridized carbons (Fsp3) is 0.185. The third kappa shape index (κ3) is 4.89. The summed E-state index contributed by atoms with van der Waals surface area (Å²) in [6.45, 7) is 1.90. The second kappa shape index (κ2) is 9.63. The number of methoxy groups -OCH3 is 1. The van der Waals surface area contributed by atoms with Crippen molar-refractivity contribution in [2.45, 2.75) is 26.1 Å². The van der Waals surface area contributed by atoms with Gasteiger partial charge < -0.3 is 4.74 Å². The zero-order valence-corrected chi connectivity index (χ0v) is 22.5. The number of allylic oxidation sites excluding steroid dienone is 1. The third-order valence-electron chi connectivity index (χ3n) is 6.75. The Morgan fingerprint density at radius 1 is 1.13 bits per heavy atom. The summed E-state index contributed by atoms with van der Waals surface area (Å²) in [5.74, 6) is -0.952. The number of ether oxygens (including phenoxy) is 1. The zero-order valence-electron chi connectivity index (χ0n) is 20.8. The summed E-state index contributed by atoms with van der Waals surface area (Å²) in [7, 11) is -2.67. The summed E-state index contributed by atoms with van der Waals surface area (Å²) < 4.78 is 88.0. The summed E-state index contributed by atoms with van der Waals surface area (Å²) in [6, 6.07) is 13.8. The van der Waals surface area contributed by atoms with E-state index in [1.165, 1.54) is 30.6 Å². The Bertz CT molecular complexity index is 1730. The fourth-order valence-electron chi connectivity index (χ4n) is 5.19. The number of nitrogens with one attached hydrogen (secondary N) is 1. The van der Waals surface area contributed by atoms with Gasteiger partial charge in [0.25, 0.3) is 10.2 Å². The lowest BCUT2D eigenvalue weighted by atomic mass is 9.98. The molecular weight excluding hydrogens is 554 g/mol.